The molecule has 3 rings (SSSR count). The van der Waals surface area contributed by atoms with Crippen molar-refractivity contribution in [3.8, 4) is 0 Å². The number of ether oxygens (including phenoxy) is 1. The summed E-state index contributed by atoms with van der Waals surface area (Å²) in [4.78, 5) is 10.9. The summed E-state index contributed by atoms with van der Waals surface area (Å²) >= 11 is 0. The fourth-order valence-electron chi connectivity index (χ4n) is 3.27. The molecule has 3 heterocycles. The molecule has 1 N–H and O–H groups in total. The molecule has 0 aromatic carbocycles. The van der Waals surface area contributed by atoms with E-state index in [4.69, 9.17) is 4.74 Å². The van der Waals surface area contributed by atoms with Crippen molar-refractivity contribution >= 4 is 22.4 Å². The van der Waals surface area contributed by atoms with Crippen molar-refractivity contribution in [3.63, 3.8) is 0 Å². The van der Waals surface area contributed by atoms with Crippen LogP contribution in [0.2, 0.25) is 0 Å². The second-order valence-corrected chi connectivity index (χ2v) is 8.27. The summed E-state index contributed by atoms with van der Waals surface area (Å²) in [6.07, 6.45) is 4.01. The van der Waals surface area contributed by atoms with Crippen molar-refractivity contribution in [1.29, 1.82) is 0 Å². The Hall–Kier alpha value is -1.21. The van der Waals surface area contributed by atoms with Crippen LogP contribution in [0.1, 0.15) is 26.7 Å². The third kappa shape index (κ3) is 4.20. The van der Waals surface area contributed by atoms with Crippen molar-refractivity contribution in [2.75, 3.05) is 41.4 Å². The highest BCUT2D eigenvalue weighted by atomic mass is 32.2. The Morgan fingerprint density at radius 3 is 2.87 bits per heavy atom. The van der Waals surface area contributed by atoms with E-state index in [1.807, 2.05) is 6.07 Å². The summed E-state index contributed by atoms with van der Waals surface area (Å²) in [5.41, 5.74) is 0. The second-order valence-electron chi connectivity index (χ2n) is 6.57. The highest BCUT2D eigenvalue weighted by Crippen LogP contribution is 2.24. The van der Waals surface area contributed by atoms with Crippen LogP contribution in [0.3, 0.4) is 0 Å². The zero-order chi connectivity index (χ0) is 16.2. The van der Waals surface area contributed by atoms with Crippen LogP contribution in [-0.2, 0) is 15.5 Å². The number of anilines is 2. The lowest BCUT2D eigenvalue weighted by Crippen LogP contribution is -2.43. The van der Waals surface area contributed by atoms with Gasteiger partial charge in [-0.3, -0.25) is 4.21 Å². The minimum absolute atomic E-state index is 0.222. The fraction of sp³-hybridized carbons (Fsp3) is 0.750. The van der Waals surface area contributed by atoms with E-state index in [-0.39, 0.29) is 6.10 Å². The van der Waals surface area contributed by atoms with E-state index in [2.05, 4.69) is 34.0 Å². The maximum atomic E-state index is 11.5. The topological polar surface area (TPSA) is 67.3 Å². The molecule has 0 unspecified atom stereocenters. The first kappa shape index (κ1) is 16.6. The van der Waals surface area contributed by atoms with Crippen LogP contribution in [0.15, 0.2) is 12.4 Å². The van der Waals surface area contributed by atoms with Gasteiger partial charge in [0.25, 0.3) is 0 Å². The van der Waals surface area contributed by atoms with Gasteiger partial charge in [0.2, 0.25) is 0 Å². The third-order valence-electron chi connectivity index (χ3n) is 4.51. The summed E-state index contributed by atoms with van der Waals surface area (Å²) in [7, 11) is -0.673. The first-order valence-corrected chi connectivity index (χ1v) is 9.92. The van der Waals surface area contributed by atoms with E-state index >= 15 is 0 Å². The second kappa shape index (κ2) is 7.57. The predicted octanol–water partition coefficient (Wildman–Crippen LogP) is 1.66. The van der Waals surface area contributed by atoms with Crippen molar-refractivity contribution in [3.05, 3.63) is 12.4 Å². The summed E-state index contributed by atoms with van der Waals surface area (Å²) in [5, 5.41) is 3.54. The Kier molecular flexibility index (Phi) is 5.48. The maximum absolute atomic E-state index is 11.5. The van der Waals surface area contributed by atoms with Gasteiger partial charge in [-0.25, -0.2) is 9.97 Å². The number of rotatable bonds is 4. The molecule has 1 aromatic heterocycles. The zero-order valence-electron chi connectivity index (χ0n) is 13.9. The van der Waals surface area contributed by atoms with E-state index < -0.39 is 10.8 Å². The molecular weight excluding hydrogens is 312 g/mol. The quantitative estimate of drug-likeness (QED) is 0.901. The summed E-state index contributed by atoms with van der Waals surface area (Å²) < 4.78 is 17.4. The highest BCUT2D eigenvalue weighted by Gasteiger charge is 2.29. The molecule has 0 saturated carbocycles. The lowest BCUT2D eigenvalue weighted by molar-refractivity contribution is -0.0203. The van der Waals surface area contributed by atoms with Crippen LogP contribution < -0.4 is 10.2 Å². The summed E-state index contributed by atoms with van der Waals surface area (Å²) in [6.45, 7) is 6.84. The smallest absolute Gasteiger partial charge is 0.134 e. The van der Waals surface area contributed by atoms with Gasteiger partial charge in [0, 0.05) is 48.1 Å². The minimum Gasteiger partial charge on any atom is -0.376 e. The highest BCUT2D eigenvalue weighted by molar-refractivity contribution is 7.85. The van der Waals surface area contributed by atoms with E-state index in [1.54, 1.807) is 6.33 Å². The largest absolute Gasteiger partial charge is 0.376 e. The van der Waals surface area contributed by atoms with Gasteiger partial charge in [-0.05, 0) is 18.8 Å². The number of hydrogen-bond acceptors (Lipinski definition) is 6. The molecule has 2 atom stereocenters. The van der Waals surface area contributed by atoms with E-state index in [1.165, 1.54) is 0 Å². The average molecular weight is 338 g/mol. The number of aromatic nitrogens is 2. The molecule has 0 amide bonds. The van der Waals surface area contributed by atoms with Gasteiger partial charge >= 0.3 is 0 Å². The Bertz CT molecular complexity index is 545. The van der Waals surface area contributed by atoms with E-state index in [0.717, 1.165) is 55.7 Å². The Morgan fingerprint density at radius 2 is 2.13 bits per heavy atom. The van der Waals surface area contributed by atoms with Gasteiger partial charge in [-0.15, -0.1) is 0 Å². The first-order valence-electron chi connectivity index (χ1n) is 8.43. The average Bonchev–Trinajstić information content (AvgIpc) is 2.56. The molecule has 7 heteroatoms. The van der Waals surface area contributed by atoms with Gasteiger partial charge in [0.05, 0.1) is 12.1 Å². The van der Waals surface area contributed by atoms with Crippen LogP contribution in [0.4, 0.5) is 11.6 Å². The SMILES string of the molecule is CC(C)[C@@H]1OCCC[C@@H]1Nc1cc(N2CCS(=O)CC2)ncn1. The molecule has 1 aromatic rings. The first-order chi connectivity index (χ1) is 11.1. The predicted molar refractivity (Wildman–Crippen MR) is 93.3 cm³/mol. The molecular formula is C16H26N4O2S. The van der Waals surface area contributed by atoms with Crippen molar-refractivity contribution < 1.29 is 8.95 Å². The molecule has 2 saturated heterocycles. The third-order valence-corrected chi connectivity index (χ3v) is 5.79. The van der Waals surface area contributed by atoms with Gasteiger partial charge < -0.3 is 15.0 Å². The van der Waals surface area contributed by atoms with Crippen molar-refractivity contribution in [2.45, 2.75) is 38.8 Å². The number of nitrogens with zero attached hydrogens (tertiary/aromatic N) is 3. The lowest BCUT2D eigenvalue weighted by Gasteiger charge is -2.35. The van der Waals surface area contributed by atoms with Crippen molar-refractivity contribution in [2.24, 2.45) is 5.92 Å². The molecule has 0 radical (unpaired) electrons. The molecule has 2 fully saturated rings. The van der Waals surface area contributed by atoms with E-state index in [0.29, 0.717) is 12.0 Å². The number of nitrogens with one attached hydrogen (secondary N) is 1. The Balaban J connectivity index is 1.68. The van der Waals surface area contributed by atoms with Gasteiger partial charge in [0.1, 0.15) is 18.0 Å². The maximum Gasteiger partial charge on any atom is 0.134 e. The molecule has 0 bridgehead atoms. The fourth-order valence-corrected chi connectivity index (χ4v) is 4.32. The summed E-state index contributed by atoms with van der Waals surface area (Å²) in [6, 6.07) is 2.29. The van der Waals surface area contributed by atoms with Crippen LogP contribution >= 0.6 is 0 Å². The molecule has 128 valence electrons. The standard InChI is InChI=1S/C16H26N4O2S/c1-12(2)16-13(4-3-7-22-16)19-14-10-15(18-11-17-14)20-5-8-23(21)9-6-20/h10-13,16H,3-9H2,1-2H3,(H,17,18,19)/t13-,16-/m0/s1. The van der Waals surface area contributed by atoms with Crippen LogP contribution in [0.5, 0.6) is 0 Å². The lowest BCUT2D eigenvalue weighted by atomic mass is 9.94. The summed E-state index contributed by atoms with van der Waals surface area (Å²) in [5.74, 6) is 3.68. The van der Waals surface area contributed by atoms with Crippen LogP contribution in [0.25, 0.3) is 0 Å². The minimum atomic E-state index is -0.673. The molecule has 2 aliphatic rings. The molecule has 2 aliphatic heterocycles. The molecule has 0 spiro atoms. The molecule has 6 nitrogen and oxygen atoms in total. The normalized spacial score (nSPS) is 26.5. The molecule has 0 aliphatic carbocycles. The van der Waals surface area contributed by atoms with Crippen LogP contribution in [-0.4, -0.2) is 57.5 Å². The Morgan fingerprint density at radius 1 is 1.35 bits per heavy atom. The Labute approximate surface area is 140 Å². The monoisotopic (exact) mass is 338 g/mol. The van der Waals surface area contributed by atoms with Gasteiger partial charge in [-0.2, -0.15) is 0 Å². The molecule has 23 heavy (non-hydrogen) atoms. The van der Waals surface area contributed by atoms with Crippen molar-refractivity contribution in [1.82, 2.24) is 9.97 Å². The zero-order valence-corrected chi connectivity index (χ0v) is 14.7. The van der Waals surface area contributed by atoms with E-state index in [9.17, 15) is 4.21 Å². The number of hydrogen-bond donors (Lipinski definition) is 1. The van der Waals surface area contributed by atoms with Gasteiger partial charge in [-0.1, -0.05) is 13.8 Å². The van der Waals surface area contributed by atoms with Crippen LogP contribution in [0, 0.1) is 5.92 Å². The van der Waals surface area contributed by atoms with Gasteiger partial charge in [0.15, 0.2) is 0 Å².